The van der Waals surface area contributed by atoms with Crippen molar-refractivity contribution in [2.24, 2.45) is 0 Å². The molecule has 0 aliphatic carbocycles. The molecule has 0 aliphatic rings. The molecule has 1 aromatic rings. The van der Waals surface area contributed by atoms with Crippen molar-refractivity contribution >= 4 is 5.97 Å². The van der Waals surface area contributed by atoms with Crippen molar-refractivity contribution in [2.45, 2.75) is 13.5 Å². The zero-order chi connectivity index (χ0) is 13.7. The third-order valence-corrected chi connectivity index (χ3v) is 1.90. The second-order valence-electron chi connectivity index (χ2n) is 3.08. The lowest BCUT2D eigenvalue weighted by atomic mass is 10.1. The molecule has 0 saturated heterocycles. The number of alkyl halides is 2. The Bertz CT molecular complexity index is 497. The van der Waals surface area contributed by atoms with Gasteiger partial charge in [-0.3, -0.25) is 0 Å². The van der Waals surface area contributed by atoms with E-state index in [1.165, 1.54) is 6.92 Å². The highest BCUT2D eigenvalue weighted by atomic mass is 19.3. The van der Waals surface area contributed by atoms with Gasteiger partial charge in [0, 0.05) is 6.07 Å². The molecular weight excluding hydrogens is 248 g/mol. The molecule has 96 valence electrons. The number of hydrogen-bond acceptors (Lipinski definition) is 5. The number of ether oxygens (including phenoxy) is 2. The first-order chi connectivity index (χ1) is 8.49. The fraction of sp³-hybridized carbons (Fsp3) is 0.273. The van der Waals surface area contributed by atoms with Crippen LogP contribution in [0.5, 0.6) is 11.5 Å². The van der Waals surface area contributed by atoms with Crippen molar-refractivity contribution < 1.29 is 28.2 Å². The van der Waals surface area contributed by atoms with E-state index >= 15 is 0 Å². The van der Waals surface area contributed by atoms with Crippen molar-refractivity contribution in [3.8, 4) is 17.6 Å². The van der Waals surface area contributed by atoms with Crippen LogP contribution in [0.2, 0.25) is 0 Å². The van der Waals surface area contributed by atoms with E-state index < -0.39 is 29.6 Å². The van der Waals surface area contributed by atoms with Gasteiger partial charge in [-0.15, -0.1) is 0 Å². The number of carbonyl (C=O) groups is 1. The number of phenols is 1. The number of hydrogen-bond donors (Lipinski definition) is 1. The van der Waals surface area contributed by atoms with Crippen LogP contribution in [-0.4, -0.2) is 24.3 Å². The lowest BCUT2D eigenvalue weighted by Gasteiger charge is -2.11. The minimum atomic E-state index is -3.20. The fourth-order valence-electron chi connectivity index (χ4n) is 1.27. The van der Waals surface area contributed by atoms with Crippen LogP contribution in [0.25, 0.3) is 0 Å². The Morgan fingerprint density at radius 1 is 1.56 bits per heavy atom. The summed E-state index contributed by atoms with van der Waals surface area (Å²) in [5.41, 5.74) is -0.799. The minimum absolute atomic E-state index is 0.0183. The molecule has 0 saturated carbocycles. The summed E-state index contributed by atoms with van der Waals surface area (Å²) in [5, 5.41) is 18.1. The first-order valence-corrected chi connectivity index (χ1v) is 4.88. The van der Waals surface area contributed by atoms with Gasteiger partial charge in [-0.25, -0.2) is 4.79 Å². The quantitative estimate of drug-likeness (QED) is 0.835. The number of aromatic hydroxyl groups is 1. The summed E-state index contributed by atoms with van der Waals surface area (Å²) in [4.78, 5) is 11.5. The number of nitrogens with zero attached hydrogens (tertiary/aromatic N) is 1. The van der Waals surface area contributed by atoms with E-state index in [2.05, 4.69) is 9.47 Å². The third kappa shape index (κ3) is 3.07. The molecule has 0 spiro atoms. The van der Waals surface area contributed by atoms with Gasteiger partial charge in [-0.2, -0.15) is 14.0 Å². The molecule has 0 unspecified atom stereocenters. The lowest BCUT2D eigenvalue weighted by Crippen LogP contribution is -2.11. The molecule has 0 amide bonds. The van der Waals surface area contributed by atoms with Gasteiger partial charge in [0.15, 0.2) is 5.75 Å². The normalized spacial score (nSPS) is 9.94. The molecule has 0 aromatic heterocycles. The van der Waals surface area contributed by atoms with E-state index in [4.69, 9.17) is 5.26 Å². The second kappa shape index (κ2) is 5.82. The predicted octanol–water partition coefficient (Wildman–Crippen LogP) is 2.04. The Kier molecular flexibility index (Phi) is 4.43. The van der Waals surface area contributed by atoms with E-state index in [9.17, 15) is 18.7 Å². The van der Waals surface area contributed by atoms with E-state index in [0.29, 0.717) is 0 Å². The summed E-state index contributed by atoms with van der Waals surface area (Å²) in [6.07, 6.45) is 0. The van der Waals surface area contributed by atoms with Crippen LogP contribution in [0.3, 0.4) is 0 Å². The van der Waals surface area contributed by atoms with E-state index in [0.717, 1.165) is 12.1 Å². The molecule has 0 atom stereocenters. The zero-order valence-electron chi connectivity index (χ0n) is 9.31. The fourth-order valence-corrected chi connectivity index (χ4v) is 1.27. The second-order valence-corrected chi connectivity index (χ2v) is 3.08. The summed E-state index contributed by atoms with van der Waals surface area (Å²) in [6, 6.07) is 3.37. The molecule has 0 fully saturated rings. The average Bonchev–Trinajstić information content (AvgIpc) is 2.30. The van der Waals surface area contributed by atoms with Crippen molar-refractivity contribution in [2.75, 3.05) is 6.61 Å². The van der Waals surface area contributed by atoms with Gasteiger partial charge < -0.3 is 14.6 Å². The summed E-state index contributed by atoms with van der Waals surface area (Å²) < 4.78 is 33.2. The number of carbonyl (C=O) groups excluding carboxylic acids is 1. The Morgan fingerprint density at radius 2 is 2.22 bits per heavy atom. The zero-order valence-corrected chi connectivity index (χ0v) is 9.31. The van der Waals surface area contributed by atoms with Crippen LogP contribution in [-0.2, 0) is 4.74 Å². The molecule has 1 N–H and O–H groups in total. The molecule has 18 heavy (non-hydrogen) atoms. The maximum absolute atomic E-state index is 12.2. The molecule has 7 heteroatoms. The molecule has 0 bridgehead atoms. The molecule has 5 nitrogen and oxygen atoms in total. The molecule has 1 aromatic carbocycles. The number of benzene rings is 1. The topological polar surface area (TPSA) is 79.5 Å². The smallest absolute Gasteiger partial charge is 0.387 e. The highest BCUT2D eigenvalue weighted by molar-refractivity contribution is 5.94. The number of rotatable bonds is 4. The predicted molar refractivity (Wildman–Crippen MR) is 55.4 cm³/mol. The Balaban J connectivity index is 3.33. The Hall–Kier alpha value is -2.36. The number of esters is 1. The SMILES string of the molecule is CCOC(=O)c1cc(O)cc(C#N)c1OC(F)F. The van der Waals surface area contributed by atoms with Crippen LogP contribution < -0.4 is 4.74 Å². The van der Waals surface area contributed by atoms with Gasteiger partial charge in [-0.05, 0) is 13.0 Å². The van der Waals surface area contributed by atoms with Crippen LogP contribution in [0.1, 0.15) is 22.8 Å². The van der Waals surface area contributed by atoms with Crippen LogP contribution in [0, 0.1) is 11.3 Å². The van der Waals surface area contributed by atoms with Crippen LogP contribution >= 0.6 is 0 Å². The maximum Gasteiger partial charge on any atom is 0.387 e. The highest BCUT2D eigenvalue weighted by Crippen LogP contribution is 2.30. The third-order valence-electron chi connectivity index (χ3n) is 1.90. The van der Waals surface area contributed by atoms with Gasteiger partial charge in [0.2, 0.25) is 0 Å². The van der Waals surface area contributed by atoms with Crippen LogP contribution in [0.4, 0.5) is 8.78 Å². The maximum atomic E-state index is 12.2. The van der Waals surface area contributed by atoms with Crippen molar-refractivity contribution in [1.82, 2.24) is 0 Å². The molecule has 1 rings (SSSR count). The Morgan fingerprint density at radius 3 is 2.72 bits per heavy atom. The van der Waals surface area contributed by atoms with Crippen LogP contribution in [0.15, 0.2) is 12.1 Å². The molecule has 0 heterocycles. The Labute approximate surface area is 101 Å². The lowest BCUT2D eigenvalue weighted by molar-refractivity contribution is -0.0506. The molecular formula is C11H9F2NO4. The first-order valence-electron chi connectivity index (χ1n) is 4.88. The first kappa shape index (κ1) is 13.7. The van der Waals surface area contributed by atoms with Crippen molar-refractivity contribution in [3.63, 3.8) is 0 Å². The van der Waals surface area contributed by atoms with Crippen molar-refractivity contribution in [3.05, 3.63) is 23.3 Å². The molecule has 0 aliphatic heterocycles. The summed E-state index contributed by atoms with van der Waals surface area (Å²) in [6.45, 7) is -1.65. The number of phenolic OH excluding ortho intramolecular Hbond substituents is 1. The summed E-state index contributed by atoms with van der Waals surface area (Å²) in [7, 11) is 0. The van der Waals surface area contributed by atoms with E-state index in [1.54, 1.807) is 6.07 Å². The van der Waals surface area contributed by atoms with Crippen molar-refractivity contribution in [1.29, 1.82) is 5.26 Å². The number of nitriles is 1. The van der Waals surface area contributed by atoms with Gasteiger partial charge in [0.05, 0.1) is 12.2 Å². The van der Waals surface area contributed by atoms with Gasteiger partial charge in [0.25, 0.3) is 0 Å². The summed E-state index contributed by atoms with van der Waals surface area (Å²) in [5.74, 6) is -1.99. The molecule has 0 radical (unpaired) electrons. The van der Waals surface area contributed by atoms with Gasteiger partial charge in [0.1, 0.15) is 17.4 Å². The standard InChI is InChI=1S/C11H9F2NO4/c1-2-17-10(16)8-4-7(15)3-6(5-14)9(8)18-11(12)13/h3-4,11,15H,2H2,1H3. The summed E-state index contributed by atoms with van der Waals surface area (Å²) >= 11 is 0. The van der Waals surface area contributed by atoms with Gasteiger partial charge >= 0.3 is 12.6 Å². The van der Waals surface area contributed by atoms with Gasteiger partial charge in [-0.1, -0.05) is 0 Å². The number of halogens is 2. The average molecular weight is 257 g/mol. The highest BCUT2D eigenvalue weighted by Gasteiger charge is 2.22. The van der Waals surface area contributed by atoms with E-state index in [1.807, 2.05) is 0 Å². The van der Waals surface area contributed by atoms with E-state index in [-0.39, 0.29) is 12.2 Å². The monoisotopic (exact) mass is 257 g/mol. The largest absolute Gasteiger partial charge is 0.508 e. The minimum Gasteiger partial charge on any atom is -0.508 e.